The van der Waals surface area contributed by atoms with Crippen molar-refractivity contribution in [1.29, 1.82) is 0 Å². The number of nitrogens with zero attached hydrogens (tertiary/aromatic N) is 1. The predicted octanol–water partition coefficient (Wildman–Crippen LogP) is 1.38. The molecule has 1 aliphatic rings. The standard InChI is InChI=1S/C12H21NO3/c1-10(2)16-8-4-3-6-13-7-5-11(14)9-12(13)15/h10H,3-9H2,1-2H3. The van der Waals surface area contributed by atoms with Gasteiger partial charge in [0, 0.05) is 26.1 Å². The van der Waals surface area contributed by atoms with Crippen LogP contribution in [-0.4, -0.2) is 42.4 Å². The van der Waals surface area contributed by atoms with E-state index in [0.717, 1.165) is 26.0 Å². The molecule has 0 atom stereocenters. The van der Waals surface area contributed by atoms with Gasteiger partial charge in [-0.15, -0.1) is 0 Å². The van der Waals surface area contributed by atoms with Crippen LogP contribution in [-0.2, 0) is 14.3 Å². The molecule has 0 bridgehead atoms. The summed E-state index contributed by atoms with van der Waals surface area (Å²) in [5.41, 5.74) is 0. The minimum atomic E-state index is -0.0129. The molecule has 16 heavy (non-hydrogen) atoms. The first-order valence-electron chi connectivity index (χ1n) is 6.00. The van der Waals surface area contributed by atoms with Crippen molar-refractivity contribution in [2.75, 3.05) is 19.7 Å². The molecular weight excluding hydrogens is 206 g/mol. The molecule has 4 heteroatoms. The van der Waals surface area contributed by atoms with Gasteiger partial charge in [-0.05, 0) is 26.7 Å². The van der Waals surface area contributed by atoms with E-state index in [-0.39, 0.29) is 24.2 Å². The lowest BCUT2D eigenvalue weighted by atomic mass is 10.1. The van der Waals surface area contributed by atoms with E-state index in [2.05, 4.69) is 0 Å². The Morgan fingerprint density at radius 3 is 2.69 bits per heavy atom. The number of hydrogen-bond acceptors (Lipinski definition) is 3. The summed E-state index contributed by atoms with van der Waals surface area (Å²) < 4.78 is 5.42. The third kappa shape index (κ3) is 4.75. The lowest BCUT2D eigenvalue weighted by molar-refractivity contribution is -0.139. The first kappa shape index (κ1) is 13.2. The highest BCUT2D eigenvalue weighted by atomic mass is 16.5. The average molecular weight is 227 g/mol. The number of carbonyl (C=O) groups excluding carboxylic acids is 2. The number of carbonyl (C=O) groups is 2. The van der Waals surface area contributed by atoms with E-state index in [9.17, 15) is 9.59 Å². The fraction of sp³-hybridized carbons (Fsp3) is 0.833. The van der Waals surface area contributed by atoms with Crippen molar-refractivity contribution in [3.05, 3.63) is 0 Å². The van der Waals surface area contributed by atoms with Crippen LogP contribution in [0.5, 0.6) is 0 Å². The van der Waals surface area contributed by atoms with Gasteiger partial charge in [-0.1, -0.05) is 0 Å². The first-order valence-corrected chi connectivity index (χ1v) is 6.00. The van der Waals surface area contributed by atoms with Crippen molar-refractivity contribution in [3.63, 3.8) is 0 Å². The highest BCUT2D eigenvalue weighted by Crippen LogP contribution is 2.08. The molecule has 0 N–H and O–H groups in total. The summed E-state index contributed by atoms with van der Waals surface area (Å²) in [6.07, 6.45) is 2.81. The zero-order valence-electron chi connectivity index (χ0n) is 10.2. The van der Waals surface area contributed by atoms with Crippen LogP contribution >= 0.6 is 0 Å². The number of unbranched alkanes of at least 4 members (excludes halogenated alkanes) is 1. The molecule has 4 nitrogen and oxygen atoms in total. The molecule has 92 valence electrons. The molecule has 1 aliphatic heterocycles. The number of Topliss-reactive ketones (excluding diaryl/α,β-unsaturated/α-hetero) is 1. The molecule has 0 saturated carbocycles. The van der Waals surface area contributed by atoms with Gasteiger partial charge in [-0.25, -0.2) is 0 Å². The third-order valence-electron chi connectivity index (χ3n) is 2.64. The molecule has 1 fully saturated rings. The second-order valence-electron chi connectivity index (χ2n) is 4.47. The van der Waals surface area contributed by atoms with Crippen molar-refractivity contribution in [2.45, 2.75) is 45.6 Å². The van der Waals surface area contributed by atoms with Crippen molar-refractivity contribution in [1.82, 2.24) is 4.90 Å². The van der Waals surface area contributed by atoms with Gasteiger partial charge >= 0.3 is 0 Å². The van der Waals surface area contributed by atoms with Crippen LogP contribution in [0, 0.1) is 0 Å². The number of hydrogen-bond donors (Lipinski definition) is 0. The van der Waals surface area contributed by atoms with Gasteiger partial charge in [-0.3, -0.25) is 9.59 Å². The lowest BCUT2D eigenvalue weighted by Gasteiger charge is -2.25. The second kappa shape index (κ2) is 6.63. The molecule has 0 aliphatic carbocycles. The number of likely N-dealkylation sites (tertiary alicyclic amines) is 1. The van der Waals surface area contributed by atoms with Gasteiger partial charge in [0.15, 0.2) is 0 Å². The SMILES string of the molecule is CC(C)OCCCCN1CCC(=O)CC1=O. The van der Waals surface area contributed by atoms with Crippen LogP contribution in [0.2, 0.25) is 0 Å². The molecule has 0 radical (unpaired) electrons. The number of amides is 1. The predicted molar refractivity (Wildman–Crippen MR) is 61.1 cm³/mol. The molecular formula is C12H21NO3. The van der Waals surface area contributed by atoms with Gasteiger partial charge in [0.05, 0.1) is 12.5 Å². The van der Waals surface area contributed by atoms with Crippen molar-refractivity contribution >= 4 is 11.7 Å². The van der Waals surface area contributed by atoms with Crippen molar-refractivity contribution < 1.29 is 14.3 Å². The molecule has 0 aromatic carbocycles. The largest absolute Gasteiger partial charge is 0.379 e. The van der Waals surface area contributed by atoms with Crippen LogP contribution < -0.4 is 0 Å². The Kier molecular flexibility index (Phi) is 5.46. The Bertz CT molecular complexity index is 251. The van der Waals surface area contributed by atoms with Crippen LogP contribution in [0.15, 0.2) is 0 Å². The maximum Gasteiger partial charge on any atom is 0.230 e. The zero-order valence-corrected chi connectivity index (χ0v) is 10.2. The van der Waals surface area contributed by atoms with Crippen LogP contribution in [0.3, 0.4) is 0 Å². The molecule has 1 saturated heterocycles. The van der Waals surface area contributed by atoms with Crippen LogP contribution in [0.1, 0.15) is 39.5 Å². The summed E-state index contributed by atoms with van der Waals surface area (Å²) in [6.45, 7) is 6.13. The van der Waals surface area contributed by atoms with Gasteiger partial charge in [-0.2, -0.15) is 0 Å². The van der Waals surface area contributed by atoms with E-state index in [4.69, 9.17) is 4.74 Å². The molecule has 0 aromatic heterocycles. The fourth-order valence-corrected chi connectivity index (χ4v) is 1.71. The number of rotatable bonds is 6. The average Bonchev–Trinajstić information content (AvgIpc) is 2.20. The minimum Gasteiger partial charge on any atom is -0.379 e. The molecule has 1 amide bonds. The Morgan fingerprint density at radius 2 is 2.06 bits per heavy atom. The minimum absolute atomic E-state index is 0.0129. The summed E-state index contributed by atoms with van der Waals surface area (Å²) in [6, 6.07) is 0. The van der Waals surface area contributed by atoms with Crippen LogP contribution in [0.25, 0.3) is 0 Å². The molecule has 0 unspecified atom stereocenters. The Labute approximate surface area is 96.9 Å². The first-order chi connectivity index (χ1) is 7.59. The van der Waals surface area contributed by atoms with E-state index >= 15 is 0 Å². The van der Waals surface area contributed by atoms with Crippen molar-refractivity contribution in [3.8, 4) is 0 Å². The maximum absolute atomic E-state index is 11.5. The lowest BCUT2D eigenvalue weighted by Crippen LogP contribution is -2.39. The number of ketones is 1. The molecule has 0 aromatic rings. The summed E-state index contributed by atoms with van der Waals surface area (Å²) in [7, 11) is 0. The van der Waals surface area contributed by atoms with E-state index in [1.54, 1.807) is 4.90 Å². The van der Waals surface area contributed by atoms with E-state index < -0.39 is 0 Å². The molecule has 1 heterocycles. The highest BCUT2D eigenvalue weighted by Gasteiger charge is 2.22. The quantitative estimate of drug-likeness (QED) is 0.509. The Balaban J connectivity index is 2.09. The fourth-order valence-electron chi connectivity index (χ4n) is 1.71. The Hall–Kier alpha value is -0.900. The number of piperidine rings is 1. The van der Waals surface area contributed by atoms with Gasteiger partial charge < -0.3 is 9.64 Å². The zero-order chi connectivity index (χ0) is 12.0. The van der Waals surface area contributed by atoms with E-state index in [1.165, 1.54) is 0 Å². The van der Waals surface area contributed by atoms with Gasteiger partial charge in [0.2, 0.25) is 5.91 Å². The van der Waals surface area contributed by atoms with Gasteiger partial charge in [0.25, 0.3) is 0 Å². The summed E-state index contributed by atoms with van der Waals surface area (Å²) in [5.74, 6) is 0.0606. The molecule has 0 spiro atoms. The van der Waals surface area contributed by atoms with E-state index in [0.29, 0.717) is 13.0 Å². The summed E-state index contributed by atoms with van der Waals surface area (Å²) in [5, 5.41) is 0. The smallest absolute Gasteiger partial charge is 0.230 e. The maximum atomic E-state index is 11.5. The van der Waals surface area contributed by atoms with E-state index in [1.807, 2.05) is 13.8 Å². The summed E-state index contributed by atoms with van der Waals surface area (Å²) in [4.78, 5) is 24.2. The highest BCUT2D eigenvalue weighted by molar-refractivity contribution is 6.00. The normalized spacial score (nSPS) is 17.3. The third-order valence-corrected chi connectivity index (χ3v) is 2.64. The summed E-state index contributed by atoms with van der Waals surface area (Å²) >= 11 is 0. The monoisotopic (exact) mass is 227 g/mol. The number of ether oxygens (including phenoxy) is 1. The van der Waals surface area contributed by atoms with Gasteiger partial charge in [0.1, 0.15) is 5.78 Å². The Morgan fingerprint density at radius 1 is 1.31 bits per heavy atom. The van der Waals surface area contributed by atoms with Crippen molar-refractivity contribution in [2.24, 2.45) is 0 Å². The second-order valence-corrected chi connectivity index (χ2v) is 4.47. The topological polar surface area (TPSA) is 46.6 Å². The van der Waals surface area contributed by atoms with Crippen LogP contribution in [0.4, 0.5) is 0 Å². The molecule has 1 rings (SSSR count).